The van der Waals surface area contributed by atoms with Gasteiger partial charge < -0.3 is 4.74 Å². The van der Waals surface area contributed by atoms with Crippen LogP contribution in [0.15, 0.2) is 18.2 Å². The first kappa shape index (κ1) is 16.1. The smallest absolute Gasteiger partial charge is 0.356 e. The van der Waals surface area contributed by atoms with Gasteiger partial charge in [-0.1, -0.05) is 26.8 Å². The third-order valence-electron chi connectivity index (χ3n) is 3.25. The summed E-state index contributed by atoms with van der Waals surface area (Å²) < 4.78 is 6.23. The van der Waals surface area contributed by atoms with Crippen molar-refractivity contribution in [3.63, 3.8) is 0 Å². The van der Waals surface area contributed by atoms with Crippen LogP contribution in [0.1, 0.15) is 49.8 Å². The first-order valence-electron chi connectivity index (χ1n) is 6.64. The first-order valence-corrected chi connectivity index (χ1v) is 6.64. The molecule has 0 saturated heterocycles. The number of methoxy groups -OCH3 is 1. The van der Waals surface area contributed by atoms with Gasteiger partial charge in [0.05, 0.1) is 12.8 Å². The highest BCUT2D eigenvalue weighted by Gasteiger charge is 2.25. The van der Waals surface area contributed by atoms with E-state index in [9.17, 15) is 9.59 Å². The number of carbonyl (C=O) groups excluding carboxylic acids is 2. The molecule has 5 heteroatoms. The van der Waals surface area contributed by atoms with Crippen LogP contribution >= 0.6 is 0 Å². The Morgan fingerprint density at radius 3 is 2.65 bits per heavy atom. The van der Waals surface area contributed by atoms with Gasteiger partial charge in [0.2, 0.25) is 0 Å². The summed E-state index contributed by atoms with van der Waals surface area (Å²) >= 11 is 0. The van der Waals surface area contributed by atoms with Crippen molar-refractivity contribution >= 4 is 11.8 Å². The first-order chi connectivity index (χ1) is 9.31. The molecule has 0 atom stereocenters. The van der Waals surface area contributed by atoms with Crippen LogP contribution in [0.25, 0.3) is 0 Å². The summed E-state index contributed by atoms with van der Waals surface area (Å²) in [6, 6.07) is 1.74. The Morgan fingerprint density at radius 1 is 1.45 bits per heavy atom. The van der Waals surface area contributed by atoms with Crippen LogP contribution in [0.5, 0.6) is 0 Å². The van der Waals surface area contributed by atoms with Crippen molar-refractivity contribution in [2.45, 2.75) is 39.0 Å². The van der Waals surface area contributed by atoms with Crippen LogP contribution < -0.4 is 0 Å². The van der Waals surface area contributed by atoms with Gasteiger partial charge in [-0.2, -0.15) is 5.10 Å². The van der Waals surface area contributed by atoms with Crippen LogP contribution in [0, 0.1) is 0 Å². The highest BCUT2D eigenvalue weighted by molar-refractivity contribution is 5.89. The summed E-state index contributed by atoms with van der Waals surface area (Å²) in [4.78, 5) is 22.8. The van der Waals surface area contributed by atoms with E-state index < -0.39 is 5.97 Å². The molecule has 0 saturated carbocycles. The molecule has 0 amide bonds. The average molecular weight is 278 g/mol. The number of nitrogens with zero attached hydrogens (tertiary/aromatic N) is 2. The molecular weight excluding hydrogens is 256 g/mol. The van der Waals surface area contributed by atoms with Crippen molar-refractivity contribution < 1.29 is 14.3 Å². The monoisotopic (exact) mass is 278 g/mol. The summed E-state index contributed by atoms with van der Waals surface area (Å²) in [6.07, 6.45) is 4.65. The minimum Gasteiger partial charge on any atom is -0.464 e. The second-order valence-electron chi connectivity index (χ2n) is 5.34. The lowest BCUT2D eigenvalue weighted by Crippen LogP contribution is -2.17. The number of aryl methyl sites for hydroxylation is 1. The predicted octanol–water partition coefficient (Wildman–Crippen LogP) is 2.41. The van der Waals surface area contributed by atoms with E-state index in [0.29, 0.717) is 18.5 Å². The van der Waals surface area contributed by atoms with E-state index in [2.05, 4.69) is 5.10 Å². The van der Waals surface area contributed by atoms with Gasteiger partial charge in [-0.3, -0.25) is 9.48 Å². The fourth-order valence-corrected chi connectivity index (χ4v) is 1.80. The van der Waals surface area contributed by atoms with Crippen LogP contribution in [0.2, 0.25) is 0 Å². The Bertz CT molecular complexity index is 527. The molecule has 20 heavy (non-hydrogen) atoms. The minimum atomic E-state index is -0.404. The van der Waals surface area contributed by atoms with Gasteiger partial charge in [-0.15, -0.1) is 0 Å². The average Bonchev–Trinajstić information content (AvgIpc) is 2.80. The van der Waals surface area contributed by atoms with Crippen molar-refractivity contribution in [1.82, 2.24) is 9.78 Å². The summed E-state index contributed by atoms with van der Waals surface area (Å²) in [5, 5.41) is 4.37. The highest BCUT2D eigenvalue weighted by atomic mass is 16.5. The SMILES string of the molecule is CCC(=O)/C=C/CC(C)(C)c1cc(C(=O)OC)n(C)n1. The van der Waals surface area contributed by atoms with Crippen LogP contribution in [0.4, 0.5) is 0 Å². The number of hydrogen-bond donors (Lipinski definition) is 0. The van der Waals surface area contributed by atoms with E-state index in [1.807, 2.05) is 26.8 Å². The lowest BCUT2D eigenvalue weighted by Gasteiger charge is -2.19. The van der Waals surface area contributed by atoms with Crippen LogP contribution in [-0.4, -0.2) is 28.6 Å². The summed E-state index contributed by atoms with van der Waals surface area (Å²) in [7, 11) is 3.06. The van der Waals surface area contributed by atoms with E-state index in [-0.39, 0.29) is 11.2 Å². The number of esters is 1. The second-order valence-corrected chi connectivity index (χ2v) is 5.34. The molecule has 0 aliphatic rings. The van der Waals surface area contributed by atoms with Crippen LogP contribution in [-0.2, 0) is 22.0 Å². The van der Waals surface area contributed by atoms with Crippen molar-refractivity contribution in [1.29, 1.82) is 0 Å². The molecule has 0 aromatic carbocycles. The highest BCUT2D eigenvalue weighted by Crippen LogP contribution is 2.27. The lowest BCUT2D eigenvalue weighted by molar-refractivity contribution is -0.114. The topological polar surface area (TPSA) is 61.2 Å². The van der Waals surface area contributed by atoms with Gasteiger partial charge in [0.1, 0.15) is 5.69 Å². The molecule has 0 radical (unpaired) electrons. The Labute approximate surface area is 119 Å². The summed E-state index contributed by atoms with van der Waals surface area (Å²) in [5.41, 5.74) is 0.965. The number of aromatic nitrogens is 2. The molecule has 0 spiro atoms. The minimum absolute atomic E-state index is 0.108. The number of rotatable bonds is 6. The van der Waals surface area contributed by atoms with Gasteiger partial charge in [0.25, 0.3) is 0 Å². The Kier molecular flexibility index (Phi) is 5.25. The lowest BCUT2D eigenvalue weighted by atomic mass is 9.85. The quantitative estimate of drug-likeness (QED) is 0.592. The maximum absolute atomic E-state index is 11.6. The zero-order chi connectivity index (χ0) is 15.3. The predicted molar refractivity (Wildman–Crippen MR) is 76.6 cm³/mol. The molecule has 0 bridgehead atoms. The maximum atomic E-state index is 11.6. The zero-order valence-corrected chi connectivity index (χ0v) is 12.8. The molecule has 110 valence electrons. The normalized spacial score (nSPS) is 11.8. The van der Waals surface area contributed by atoms with Crippen molar-refractivity contribution in [3.05, 3.63) is 29.6 Å². The molecule has 0 fully saturated rings. The molecule has 1 heterocycles. The molecular formula is C15H22N2O3. The van der Waals surface area contributed by atoms with Gasteiger partial charge in [0.15, 0.2) is 5.78 Å². The fraction of sp³-hybridized carbons (Fsp3) is 0.533. The number of ketones is 1. The second kappa shape index (κ2) is 6.50. The van der Waals surface area contributed by atoms with Crippen molar-refractivity contribution in [2.24, 2.45) is 7.05 Å². The molecule has 0 aliphatic carbocycles. The van der Waals surface area contributed by atoms with Gasteiger partial charge in [-0.25, -0.2) is 4.79 Å². The van der Waals surface area contributed by atoms with E-state index in [1.165, 1.54) is 11.8 Å². The van der Waals surface area contributed by atoms with E-state index in [1.54, 1.807) is 19.2 Å². The Hall–Kier alpha value is -1.91. The van der Waals surface area contributed by atoms with Crippen LogP contribution in [0.3, 0.4) is 0 Å². The molecule has 0 unspecified atom stereocenters. The van der Waals surface area contributed by atoms with Gasteiger partial charge in [0, 0.05) is 18.9 Å². The van der Waals surface area contributed by atoms with Crippen molar-refractivity contribution in [3.8, 4) is 0 Å². The van der Waals surface area contributed by atoms with E-state index >= 15 is 0 Å². The van der Waals surface area contributed by atoms with Crippen molar-refractivity contribution in [2.75, 3.05) is 7.11 Å². The van der Waals surface area contributed by atoms with Gasteiger partial charge >= 0.3 is 5.97 Å². The molecule has 5 nitrogen and oxygen atoms in total. The molecule has 1 rings (SSSR count). The Morgan fingerprint density at radius 2 is 2.10 bits per heavy atom. The number of ether oxygens (including phenoxy) is 1. The zero-order valence-electron chi connectivity index (χ0n) is 12.8. The standard InChI is InChI=1S/C15H22N2O3/c1-6-11(18)8-7-9-15(2,3)13-10-12(14(19)20-5)17(4)16-13/h7-8,10H,6,9H2,1-5H3/b8-7+. The van der Waals surface area contributed by atoms with Gasteiger partial charge in [-0.05, 0) is 18.6 Å². The fourth-order valence-electron chi connectivity index (χ4n) is 1.80. The number of carbonyl (C=O) groups is 2. The summed E-state index contributed by atoms with van der Waals surface area (Å²) in [5.74, 6) is -0.296. The summed E-state index contributed by atoms with van der Waals surface area (Å²) in [6.45, 7) is 5.88. The number of allylic oxidation sites excluding steroid dienone is 2. The van der Waals surface area contributed by atoms with E-state index in [4.69, 9.17) is 4.74 Å². The molecule has 0 aliphatic heterocycles. The molecule has 1 aromatic rings. The largest absolute Gasteiger partial charge is 0.464 e. The maximum Gasteiger partial charge on any atom is 0.356 e. The molecule has 0 N–H and O–H groups in total. The molecule has 1 aromatic heterocycles. The van der Waals surface area contributed by atoms with E-state index in [0.717, 1.165) is 5.69 Å². The Balaban J connectivity index is 2.90. The third kappa shape index (κ3) is 3.79. The number of hydrogen-bond acceptors (Lipinski definition) is 4. The third-order valence-corrected chi connectivity index (χ3v) is 3.25.